The van der Waals surface area contributed by atoms with Crippen LogP contribution in [0.5, 0.6) is 0 Å². The summed E-state index contributed by atoms with van der Waals surface area (Å²) in [5, 5.41) is 10.6. The van der Waals surface area contributed by atoms with Gasteiger partial charge in [0, 0.05) is 17.8 Å². The van der Waals surface area contributed by atoms with E-state index in [0.29, 0.717) is 0 Å². The van der Waals surface area contributed by atoms with Crippen molar-refractivity contribution in [1.82, 2.24) is 0 Å². The first-order valence-electron chi connectivity index (χ1n) is 8.23. The summed E-state index contributed by atoms with van der Waals surface area (Å²) in [5.74, 6) is 0.212. The van der Waals surface area contributed by atoms with Crippen molar-refractivity contribution in [1.29, 1.82) is 0 Å². The molecule has 0 heterocycles. The third kappa shape index (κ3) is 11.0. The van der Waals surface area contributed by atoms with Crippen molar-refractivity contribution < 1.29 is 4.92 Å². The maximum absolute atomic E-state index is 10.6. The molecule has 0 bridgehead atoms. The van der Waals surface area contributed by atoms with Crippen molar-refractivity contribution in [3.05, 3.63) is 10.1 Å². The molecule has 0 saturated heterocycles. The molecule has 0 rings (SSSR count). The third-order valence-corrected chi connectivity index (χ3v) is 4.17. The fourth-order valence-electron chi connectivity index (χ4n) is 2.40. The van der Waals surface area contributed by atoms with Crippen LogP contribution in [-0.2, 0) is 0 Å². The summed E-state index contributed by atoms with van der Waals surface area (Å²) < 4.78 is 0. The molecular formula is C16H33NO2. The van der Waals surface area contributed by atoms with Crippen LogP contribution in [-0.4, -0.2) is 11.0 Å². The Hall–Kier alpha value is -0.600. The normalized spacial score (nSPS) is 14.3. The van der Waals surface area contributed by atoms with E-state index in [0.717, 1.165) is 12.8 Å². The van der Waals surface area contributed by atoms with E-state index in [1.54, 1.807) is 6.92 Å². The Morgan fingerprint density at radius 1 is 0.842 bits per heavy atom. The van der Waals surface area contributed by atoms with Gasteiger partial charge >= 0.3 is 0 Å². The highest BCUT2D eigenvalue weighted by atomic mass is 16.6. The largest absolute Gasteiger partial charge is 0.264 e. The molecular weight excluding hydrogens is 238 g/mol. The molecule has 0 amide bonds. The van der Waals surface area contributed by atoms with Crippen LogP contribution in [0.4, 0.5) is 0 Å². The zero-order chi connectivity index (χ0) is 14.5. The summed E-state index contributed by atoms with van der Waals surface area (Å²) in [6.07, 6.45) is 14.3. The minimum absolute atomic E-state index is 0.152. The summed E-state index contributed by atoms with van der Waals surface area (Å²) in [4.78, 5) is 10.5. The van der Waals surface area contributed by atoms with E-state index in [9.17, 15) is 10.1 Å². The van der Waals surface area contributed by atoms with Gasteiger partial charge in [0.1, 0.15) is 0 Å². The highest BCUT2D eigenvalue weighted by Gasteiger charge is 2.20. The van der Waals surface area contributed by atoms with E-state index in [1.165, 1.54) is 57.8 Å². The topological polar surface area (TPSA) is 43.1 Å². The molecule has 0 aliphatic rings. The maximum Gasteiger partial charge on any atom is 0.212 e. The van der Waals surface area contributed by atoms with E-state index in [2.05, 4.69) is 6.92 Å². The fourth-order valence-corrected chi connectivity index (χ4v) is 2.40. The van der Waals surface area contributed by atoms with Gasteiger partial charge in [-0.05, 0) is 6.42 Å². The SMILES string of the molecule is CCCCCCCCCCCCC(C)C(C)[N+](=O)[O-]. The average Bonchev–Trinajstić information content (AvgIpc) is 2.39. The van der Waals surface area contributed by atoms with Crippen molar-refractivity contribution >= 4 is 0 Å². The number of rotatable bonds is 13. The minimum atomic E-state index is -0.390. The molecule has 0 aromatic carbocycles. The Balaban J connectivity index is 3.25. The summed E-state index contributed by atoms with van der Waals surface area (Å²) in [5.41, 5.74) is 0. The zero-order valence-corrected chi connectivity index (χ0v) is 13.2. The molecule has 114 valence electrons. The Kier molecular flexibility index (Phi) is 12.0. The van der Waals surface area contributed by atoms with E-state index in [4.69, 9.17) is 0 Å². The summed E-state index contributed by atoms with van der Waals surface area (Å²) in [7, 11) is 0. The lowest BCUT2D eigenvalue weighted by atomic mass is 9.96. The number of hydrogen-bond donors (Lipinski definition) is 0. The van der Waals surface area contributed by atoms with Crippen molar-refractivity contribution in [2.45, 2.75) is 97.4 Å². The average molecular weight is 271 g/mol. The Labute approximate surface area is 119 Å². The van der Waals surface area contributed by atoms with Crippen LogP contribution >= 0.6 is 0 Å². The molecule has 0 fully saturated rings. The summed E-state index contributed by atoms with van der Waals surface area (Å²) in [6, 6.07) is -0.390. The number of nitrogens with zero attached hydrogens (tertiary/aromatic N) is 1. The molecule has 3 heteroatoms. The van der Waals surface area contributed by atoms with Crippen LogP contribution in [0, 0.1) is 16.0 Å². The Bertz CT molecular complexity index is 219. The third-order valence-electron chi connectivity index (χ3n) is 4.17. The molecule has 3 nitrogen and oxygen atoms in total. The second-order valence-corrected chi connectivity index (χ2v) is 5.97. The molecule has 2 atom stereocenters. The van der Waals surface area contributed by atoms with Crippen LogP contribution in [0.3, 0.4) is 0 Å². The van der Waals surface area contributed by atoms with Crippen molar-refractivity contribution in [3.8, 4) is 0 Å². The molecule has 19 heavy (non-hydrogen) atoms. The first kappa shape index (κ1) is 18.4. The molecule has 0 aromatic heterocycles. The first-order valence-corrected chi connectivity index (χ1v) is 8.23. The Morgan fingerprint density at radius 2 is 1.26 bits per heavy atom. The molecule has 0 aliphatic heterocycles. The lowest BCUT2D eigenvalue weighted by molar-refractivity contribution is -0.527. The van der Waals surface area contributed by atoms with Gasteiger partial charge in [-0.3, -0.25) is 10.1 Å². The molecule has 0 aromatic rings. The standard InChI is InChI=1S/C16H33NO2/c1-4-5-6-7-8-9-10-11-12-13-14-15(2)16(3)17(18)19/h15-16H,4-14H2,1-3H3. The van der Waals surface area contributed by atoms with Crippen molar-refractivity contribution in [2.75, 3.05) is 0 Å². The number of unbranched alkanes of at least 4 members (excludes halogenated alkanes) is 9. The van der Waals surface area contributed by atoms with E-state index >= 15 is 0 Å². The predicted molar refractivity (Wildman–Crippen MR) is 82.1 cm³/mol. The van der Waals surface area contributed by atoms with E-state index in [1.807, 2.05) is 6.92 Å². The minimum Gasteiger partial charge on any atom is -0.264 e. The molecule has 0 aliphatic carbocycles. The smallest absolute Gasteiger partial charge is 0.212 e. The van der Waals surface area contributed by atoms with Crippen molar-refractivity contribution in [3.63, 3.8) is 0 Å². The van der Waals surface area contributed by atoms with Crippen LogP contribution in [0.15, 0.2) is 0 Å². The lowest BCUT2D eigenvalue weighted by Gasteiger charge is -2.12. The number of hydrogen-bond acceptors (Lipinski definition) is 2. The van der Waals surface area contributed by atoms with Gasteiger partial charge in [0.05, 0.1) is 0 Å². The van der Waals surface area contributed by atoms with Gasteiger partial charge in [0.15, 0.2) is 0 Å². The molecule has 0 saturated carbocycles. The quantitative estimate of drug-likeness (QED) is 0.248. The maximum atomic E-state index is 10.6. The molecule has 0 radical (unpaired) electrons. The second-order valence-electron chi connectivity index (χ2n) is 5.97. The van der Waals surface area contributed by atoms with Crippen LogP contribution in [0.1, 0.15) is 91.4 Å². The second kappa shape index (κ2) is 12.4. The van der Waals surface area contributed by atoms with Gasteiger partial charge in [-0.25, -0.2) is 0 Å². The predicted octanol–water partition coefficient (Wildman–Crippen LogP) is 5.60. The summed E-state index contributed by atoms with van der Waals surface area (Å²) in [6.45, 7) is 5.98. The van der Waals surface area contributed by atoms with Gasteiger partial charge in [0.2, 0.25) is 6.04 Å². The van der Waals surface area contributed by atoms with E-state index < -0.39 is 6.04 Å². The fraction of sp³-hybridized carbons (Fsp3) is 1.00. The highest BCUT2D eigenvalue weighted by Crippen LogP contribution is 2.17. The summed E-state index contributed by atoms with van der Waals surface area (Å²) >= 11 is 0. The van der Waals surface area contributed by atoms with Gasteiger partial charge in [-0.15, -0.1) is 0 Å². The molecule has 0 spiro atoms. The monoisotopic (exact) mass is 271 g/mol. The first-order chi connectivity index (χ1) is 9.09. The van der Waals surface area contributed by atoms with Gasteiger partial charge < -0.3 is 0 Å². The number of nitro groups is 1. The van der Waals surface area contributed by atoms with Gasteiger partial charge in [-0.2, -0.15) is 0 Å². The zero-order valence-electron chi connectivity index (χ0n) is 13.2. The van der Waals surface area contributed by atoms with Crippen LogP contribution < -0.4 is 0 Å². The van der Waals surface area contributed by atoms with Gasteiger partial charge in [-0.1, -0.05) is 78.1 Å². The van der Waals surface area contributed by atoms with Crippen molar-refractivity contribution in [2.24, 2.45) is 5.92 Å². The molecule has 2 unspecified atom stereocenters. The van der Waals surface area contributed by atoms with Crippen LogP contribution in [0.2, 0.25) is 0 Å². The Morgan fingerprint density at radius 3 is 1.68 bits per heavy atom. The molecule has 0 N–H and O–H groups in total. The van der Waals surface area contributed by atoms with E-state index in [-0.39, 0.29) is 10.8 Å². The van der Waals surface area contributed by atoms with Crippen LogP contribution in [0.25, 0.3) is 0 Å². The highest BCUT2D eigenvalue weighted by molar-refractivity contribution is 4.60. The lowest BCUT2D eigenvalue weighted by Crippen LogP contribution is -2.23. The van der Waals surface area contributed by atoms with Gasteiger partial charge in [0.25, 0.3) is 0 Å².